The number of nitrogens with one attached hydrogen (secondary N) is 1. The Hall–Kier alpha value is -1.59. The molecule has 1 saturated heterocycles. The minimum absolute atomic E-state index is 0.352. The van der Waals surface area contributed by atoms with Crippen LogP contribution in [-0.4, -0.2) is 46.4 Å². The lowest BCUT2D eigenvalue weighted by Gasteiger charge is -2.35. The van der Waals surface area contributed by atoms with E-state index in [0.717, 1.165) is 13.1 Å². The Morgan fingerprint density at radius 3 is 2.72 bits per heavy atom. The highest BCUT2D eigenvalue weighted by atomic mass is 16.4. The molecule has 2 rings (SSSR count). The zero-order valence-corrected chi connectivity index (χ0v) is 10.1. The molecular weight excluding hydrogens is 232 g/mol. The van der Waals surface area contributed by atoms with Crippen LogP contribution in [0.5, 0.6) is 0 Å². The predicted octanol–water partition coefficient (Wildman–Crippen LogP) is 0.889. The van der Waals surface area contributed by atoms with E-state index in [0.29, 0.717) is 13.0 Å². The van der Waals surface area contributed by atoms with Gasteiger partial charge in [0, 0.05) is 19.6 Å². The summed E-state index contributed by atoms with van der Waals surface area (Å²) in [6.45, 7) is 2.08. The van der Waals surface area contributed by atoms with Gasteiger partial charge in [0.25, 0.3) is 0 Å². The summed E-state index contributed by atoms with van der Waals surface area (Å²) >= 11 is 0. The van der Waals surface area contributed by atoms with Crippen molar-refractivity contribution in [3.05, 3.63) is 35.9 Å². The smallest absolute Gasteiger partial charge is 0.404 e. The van der Waals surface area contributed by atoms with E-state index in [2.05, 4.69) is 10.2 Å². The van der Waals surface area contributed by atoms with Crippen LogP contribution in [0.25, 0.3) is 0 Å². The molecule has 1 fully saturated rings. The third-order valence-corrected chi connectivity index (χ3v) is 3.22. The van der Waals surface area contributed by atoms with E-state index < -0.39 is 12.2 Å². The largest absolute Gasteiger partial charge is 0.465 e. The average molecular weight is 250 g/mol. The van der Waals surface area contributed by atoms with Crippen LogP contribution in [-0.2, 0) is 6.54 Å². The van der Waals surface area contributed by atoms with Crippen molar-refractivity contribution in [1.29, 1.82) is 0 Å². The first-order valence-corrected chi connectivity index (χ1v) is 6.09. The molecule has 2 atom stereocenters. The van der Waals surface area contributed by atoms with Crippen molar-refractivity contribution in [3.63, 3.8) is 0 Å². The van der Waals surface area contributed by atoms with Gasteiger partial charge in [0.2, 0.25) is 0 Å². The molecular formula is C13H18N2O3. The fraction of sp³-hybridized carbons (Fsp3) is 0.462. The second-order valence-electron chi connectivity index (χ2n) is 4.63. The fourth-order valence-corrected chi connectivity index (χ4v) is 2.31. The van der Waals surface area contributed by atoms with E-state index in [9.17, 15) is 9.90 Å². The standard InChI is InChI=1S/C13H18N2O3/c16-12-9-15(7-6-11(12)14-13(17)18)8-10-4-2-1-3-5-10/h1-5,11-12,14,16H,6-9H2,(H,17,18)/t11-,12-/m0/s1. The molecule has 1 aromatic rings. The van der Waals surface area contributed by atoms with Crippen LogP contribution in [0, 0.1) is 0 Å². The van der Waals surface area contributed by atoms with Gasteiger partial charge >= 0.3 is 6.09 Å². The molecule has 5 nitrogen and oxygen atoms in total. The van der Waals surface area contributed by atoms with E-state index in [1.807, 2.05) is 30.3 Å². The van der Waals surface area contributed by atoms with Crippen molar-refractivity contribution in [2.75, 3.05) is 13.1 Å². The lowest BCUT2D eigenvalue weighted by atomic mass is 10.0. The molecule has 0 bridgehead atoms. The third kappa shape index (κ3) is 3.45. The molecule has 0 saturated carbocycles. The molecule has 0 radical (unpaired) electrons. The number of rotatable bonds is 3. The van der Waals surface area contributed by atoms with E-state index in [4.69, 9.17) is 5.11 Å². The summed E-state index contributed by atoms with van der Waals surface area (Å²) in [5.74, 6) is 0. The molecule has 1 amide bonds. The highest BCUT2D eigenvalue weighted by molar-refractivity contribution is 5.64. The molecule has 3 N–H and O–H groups in total. The zero-order valence-electron chi connectivity index (χ0n) is 10.1. The van der Waals surface area contributed by atoms with Crippen LogP contribution >= 0.6 is 0 Å². The first kappa shape index (κ1) is 12.9. The Balaban J connectivity index is 1.86. The lowest BCUT2D eigenvalue weighted by molar-refractivity contribution is 0.0374. The summed E-state index contributed by atoms with van der Waals surface area (Å²) in [7, 11) is 0. The highest BCUT2D eigenvalue weighted by Gasteiger charge is 2.28. The topological polar surface area (TPSA) is 72.8 Å². The molecule has 18 heavy (non-hydrogen) atoms. The van der Waals surface area contributed by atoms with Gasteiger partial charge in [0.05, 0.1) is 12.1 Å². The summed E-state index contributed by atoms with van der Waals surface area (Å²) in [5, 5.41) is 20.9. The molecule has 1 aromatic carbocycles. The summed E-state index contributed by atoms with van der Waals surface area (Å²) < 4.78 is 0. The number of piperidine rings is 1. The number of aliphatic hydroxyl groups is 1. The minimum atomic E-state index is -1.07. The number of benzene rings is 1. The molecule has 0 spiro atoms. The minimum Gasteiger partial charge on any atom is -0.465 e. The zero-order chi connectivity index (χ0) is 13.0. The van der Waals surface area contributed by atoms with Gasteiger partial charge in [0.1, 0.15) is 0 Å². The van der Waals surface area contributed by atoms with Crippen LogP contribution < -0.4 is 5.32 Å². The van der Waals surface area contributed by atoms with Crippen molar-refractivity contribution in [2.45, 2.75) is 25.1 Å². The molecule has 0 aromatic heterocycles. The first-order valence-electron chi connectivity index (χ1n) is 6.09. The normalized spacial score (nSPS) is 24.7. The van der Waals surface area contributed by atoms with Gasteiger partial charge in [-0.05, 0) is 12.0 Å². The number of nitrogens with zero attached hydrogens (tertiary/aromatic N) is 1. The van der Waals surface area contributed by atoms with Gasteiger partial charge in [0.15, 0.2) is 0 Å². The van der Waals surface area contributed by atoms with E-state index in [1.165, 1.54) is 5.56 Å². The Morgan fingerprint density at radius 1 is 1.39 bits per heavy atom. The fourth-order valence-electron chi connectivity index (χ4n) is 2.31. The molecule has 1 heterocycles. The summed E-state index contributed by atoms with van der Waals surface area (Å²) in [6, 6.07) is 9.70. The van der Waals surface area contributed by atoms with Crippen molar-refractivity contribution in [1.82, 2.24) is 10.2 Å². The predicted molar refractivity (Wildman–Crippen MR) is 67.3 cm³/mol. The monoisotopic (exact) mass is 250 g/mol. The second-order valence-corrected chi connectivity index (χ2v) is 4.63. The Bertz CT molecular complexity index is 396. The van der Waals surface area contributed by atoms with Gasteiger partial charge in [-0.3, -0.25) is 4.90 Å². The van der Waals surface area contributed by atoms with Crippen LogP contribution in [0.1, 0.15) is 12.0 Å². The Kier molecular flexibility index (Phi) is 4.17. The van der Waals surface area contributed by atoms with E-state index >= 15 is 0 Å². The maximum Gasteiger partial charge on any atom is 0.404 e. The highest BCUT2D eigenvalue weighted by Crippen LogP contribution is 2.14. The van der Waals surface area contributed by atoms with Crippen LogP contribution in [0.2, 0.25) is 0 Å². The number of carbonyl (C=O) groups is 1. The Labute approximate surface area is 106 Å². The SMILES string of the molecule is O=C(O)N[C@H]1CCN(Cc2ccccc2)C[C@@H]1O. The Morgan fingerprint density at radius 2 is 2.11 bits per heavy atom. The van der Waals surface area contributed by atoms with Crippen molar-refractivity contribution >= 4 is 6.09 Å². The van der Waals surface area contributed by atoms with E-state index in [1.54, 1.807) is 0 Å². The number of hydrogen-bond acceptors (Lipinski definition) is 3. The van der Waals surface area contributed by atoms with Gasteiger partial charge in [-0.1, -0.05) is 30.3 Å². The second kappa shape index (κ2) is 5.84. The number of likely N-dealkylation sites (tertiary alicyclic amines) is 1. The lowest BCUT2D eigenvalue weighted by Crippen LogP contribution is -2.53. The molecule has 1 aliphatic heterocycles. The average Bonchev–Trinajstić information content (AvgIpc) is 2.33. The van der Waals surface area contributed by atoms with Gasteiger partial charge in [-0.25, -0.2) is 4.79 Å². The van der Waals surface area contributed by atoms with Crippen molar-refractivity contribution < 1.29 is 15.0 Å². The number of carboxylic acid groups (broad SMARTS) is 1. The van der Waals surface area contributed by atoms with Gasteiger partial charge < -0.3 is 15.5 Å². The molecule has 98 valence electrons. The molecule has 5 heteroatoms. The number of aliphatic hydroxyl groups excluding tert-OH is 1. The summed E-state index contributed by atoms with van der Waals surface area (Å²) in [6.07, 6.45) is -1.07. The number of amides is 1. The van der Waals surface area contributed by atoms with Gasteiger partial charge in [-0.2, -0.15) is 0 Å². The summed E-state index contributed by atoms with van der Waals surface area (Å²) in [5.41, 5.74) is 1.20. The quantitative estimate of drug-likeness (QED) is 0.745. The maximum absolute atomic E-state index is 10.5. The van der Waals surface area contributed by atoms with Crippen LogP contribution in [0.4, 0.5) is 4.79 Å². The molecule has 1 aliphatic rings. The maximum atomic E-state index is 10.5. The third-order valence-electron chi connectivity index (χ3n) is 3.22. The number of β-amino-alcohol motifs (C(OH)–C–C–N with tert-alkyl or cyclic N) is 1. The number of hydrogen-bond donors (Lipinski definition) is 3. The van der Waals surface area contributed by atoms with E-state index in [-0.39, 0.29) is 6.04 Å². The van der Waals surface area contributed by atoms with Crippen LogP contribution in [0.15, 0.2) is 30.3 Å². The van der Waals surface area contributed by atoms with Crippen molar-refractivity contribution in [3.8, 4) is 0 Å². The van der Waals surface area contributed by atoms with Crippen LogP contribution in [0.3, 0.4) is 0 Å². The van der Waals surface area contributed by atoms with Crippen molar-refractivity contribution in [2.24, 2.45) is 0 Å². The molecule has 0 unspecified atom stereocenters. The first-order chi connectivity index (χ1) is 8.65. The van der Waals surface area contributed by atoms with Gasteiger partial charge in [-0.15, -0.1) is 0 Å². The summed E-state index contributed by atoms with van der Waals surface area (Å²) in [4.78, 5) is 12.7. The molecule has 0 aliphatic carbocycles.